The predicted molar refractivity (Wildman–Crippen MR) is 199 cm³/mol. The smallest absolute Gasteiger partial charge is 0.281 e. The Labute approximate surface area is 294 Å². The molecule has 1 aromatic heterocycles. The van der Waals surface area contributed by atoms with Crippen LogP contribution < -0.4 is 22.3 Å². The summed E-state index contributed by atoms with van der Waals surface area (Å²) in [6.45, 7) is 16.2. The standard InChI is InChI=1S/C38H62N8O3/c1-8-14-20-42-30(13-6)25-46-37(48)32(22-39)26(7)35(38(46)49)44-43-31-19-15-18-29(21-31)36(47)45(23-27(11-4)33(40)16-9-2)24-28(12-5)34(41)17-10-3/h15,18-19,21,27-28,30,33-34,42,48H,8-14,16-17,20,23-25,40-41H2,1-7H3. The van der Waals surface area contributed by atoms with Gasteiger partial charge in [-0.3, -0.25) is 14.2 Å². The lowest BCUT2D eigenvalue weighted by Gasteiger charge is -2.34. The van der Waals surface area contributed by atoms with Gasteiger partial charge in [-0.25, -0.2) is 0 Å². The lowest BCUT2D eigenvalue weighted by Crippen LogP contribution is -2.46. The Morgan fingerprint density at radius 1 is 0.980 bits per heavy atom. The van der Waals surface area contributed by atoms with Gasteiger partial charge in [0, 0.05) is 48.9 Å². The zero-order chi connectivity index (χ0) is 36.5. The molecule has 6 N–H and O–H groups in total. The van der Waals surface area contributed by atoms with E-state index in [2.05, 4.69) is 50.2 Å². The van der Waals surface area contributed by atoms with Gasteiger partial charge in [-0.1, -0.05) is 79.7 Å². The Hall–Kier alpha value is -3.59. The van der Waals surface area contributed by atoms with E-state index in [4.69, 9.17) is 11.5 Å². The second-order valence-corrected chi connectivity index (χ2v) is 13.3. The second kappa shape index (κ2) is 21.5. The van der Waals surface area contributed by atoms with E-state index >= 15 is 0 Å². The van der Waals surface area contributed by atoms with Crippen LogP contribution in [0.3, 0.4) is 0 Å². The number of pyridine rings is 1. The van der Waals surface area contributed by atoms with Gasteiger partial charge >= 0.3 is 0 Å². The highest BCUT2D eigenvalue weighted by atomic mass is 16.3. The van der Waals surface area contributed by atoms with E-state index in [1.165, 1.54) is 4.57 Å². The molecular formula is C38H62N8O3. The Bertz CT molecular complexity index is 1430. The largest absolute Gasteiger partial charge is 0.493 e. The van der Waals surface area contributed by atoms with Crippen molar-refractivity contribution in [2.24, 2.45) is 33.5 Å². The van der Waals surface area contributed by atoms with Gasteiger partial charge in [-0.2, -0.15) is 10.4 Å². The average Bonchev–Trinajstić information content (AvgIpc) is 3.09. The van der Waals surface area contributed by atoms with Crippen LogP contribution in [0.2, 0.25) is 0 Å². The number of unbranched alkanes of at least 4 members (excludes halogenated alkanes) is 1. The number of benzene rings is 1. The highest BCUT2D eigenvalue weighted by Crippen LogP contribution is 2.28. The first-order valence-electron chi connectivity index (χ1n) is 18.4. The molecule has 0 fully saturated rings. The fourth-order valence-electron chi connectivity index (χ4n) is 6.34. The summed E-state index contributed by atoms with van der Waals surface area (Å²) in [6.07, 6.45) is 8.22. The van der Waals surface area contributed by atoms with Crippen LogP contribution in [-0.2, 0) is 6.54 Å². The average molecular weight is 679 g/mol. The molecule has 0 spiro atoms. The number of nitrogens with zero attached hydrogens (tertiary/aromatic N) is 5. The molecule has 1 amide bonds. The van der Waals surface area contributed by atoms with Gasteiger partial charge in [0.25, 0.3) is 11.5 Å². The minimum absolute atomic E-state index is 0.00884. The third kappa shape index (κ3) is 11.8. The summed E-state index contributed by atoms with van der Waals surface area (Å²) in [5.74, 6) is -0.206. The number of carbonyl (C=O) groups excluding carboxylic acids is 1. The molecule has 2 rings (SSSR count). The third-order valence-electron chi connectivity index (χ3n) is 9.69. The Morgan fingerprint density at radius 2 is 1.59 bits per heavy atom. The topological polar surface area (TPSA) is 175 Å². The minimum Gasteiger partial charge on any atom is -0.493 e. The van der Waals surface area contributed by atoms with Gasteiger partial charge in [0.1, 0.15) is 11.6 Å². The molecule has 1 aromatic carbocycles. The van der Waals surface area contributed by atoms with Crippen molar-refractivity contribution in [3.63, 3.8) is 0 Å². The molecule has 0 aliphatic rings. The van der Waals surface area contributed by atoms with Crippen molar-refractivity contribution in [1.29, 1.82) is 5.26 Å². The SMILES string of the molecule is CCCCNC(CC)Cn1c(O)c(C#N)c(C)c(N=Nc2cccc(C(=O)N(CC(CC)C(N)CCC)CC(CC)C(N)CCC)c2)c1=O. The number of hydrogen-bond acceptors (Lipinski definition) is 9. The molecule has 11 heteroatoms. The summed E-state index contributed by atoms with van der Waals surface area (Å²) < 4.78 is 1.20. The van der Waals surface area contributed by atoms with Crippen molar-refractivity contribution in [2.45, 2.75) is 131 Å². The summed E-state index contributed by atoms with van der Waals surface area (Å²) in [5.41, 5.74) is 13.7. The number of carbonyl (C=O) groups is 1. The first kappa shape index (κ1) is 41.6. The molecular weight excluding hydrogens is 616 g/mol. The molecule has 272 valence electrons. The number of nitrogens with two attached hydrogens (primary N) is 2. The van der Waals surface area contributed by atoms with Crippen LogP contribution in [0, 0.1) is 30.1 Å². The predicted octanol–water partition coefficient (Wildman–Crippen LogP) is 7.07. The normalized spacial score (nSPS) is 14.7. The van der Waals surface area contributed by atoms with Crippen LogP contribution >= 0.6 is 0 Å². The first-order chi connectivity index (χ1) is 23.5. The summed E-state index contributed by atoms with van der Waals surface area (Å²) in [4.78, 5) is 29.7. The van der Waals surface area contributed by atoms with Gasteiger partial charge in [0.2, 0.25) is 5.88 Å². The fourth-order valence-corrected chi connectivity index (χ4v) is 6.34. The van der Waals surface area contributed by atoms with E-state index in [1.54, 1.807) is 31.2 Å². The maximum absolute atomic E-state index is 14.2. The van der Waals surface area contributed by atoms with Gasteiger partial charge in [-0.05, 0) is 69.2 Å². The van der Waals surface area contributed by atoms with Gasteiger partial charge in [0.05, 0.1) is 5.69 Å². The number of aromatic hydroxyl groups is 1. The van der Waals surface area contributed by atoms with Gasteiger partial charge < -0.3 is 26.8 Å². The zero-order valence-electron chi connectivity index (χ0n) is 31.0. The molecule has 5 atom stereocenters. The van der Waals surface area contributed by atoms with E-state index in [9.17, 15) is 20.0 Å². The van der Waals surface area contributed by atoms with E-state index in [0.717, 1.165) is 64.3 Å². The minimum atomic E-state index is -0.532. The van der Waals surface area contributed by atoms with Gasteiger partial charge in [0.15, 0.2) is 5.69 Å². The molecule has 0 bridgehead atoms. The monoisotopic (exact) mass is 678 g/mol. The van der Waals surface area contributed by atoms with Crippen molar-refractivity contribution in [2.75, 3.05) is 19.6 Å². The van der Waals surface area contributed by atoms with Crippen molar-refractivity contribution in [3.05, 3.63) is 51.3 Å². The maximum Gasteiger partial charge on any atom is 0.281 e. The van der Waals surface area contributed by atoms with Crippen LogP contribution in [0.25, 0.3) is 0 Å². The molecule has 0 radical (unpaired) electrons. The third-order valence-corrected chi connectivity index (χ3v) is 9.69. The van der Waals surface area contributed by atoms with Crippen molar-refractivity contribution in [1.82, 2.24) is 14.8 Å². The molecule has 0 saturated carbocycles. The number of rotatable bonds is 22. The van der Waals surface area contributed by atoms with Crippen LogP contribution in [0.5, 0.6) is 5.88 Å². The number of nitriles is 1. The summed E-state index contributed by atoms with van der Waals surface area (Å²) in [6, 6.07) is 8.82. The zero-order valence-corrected chi connectivity index (χ0v) is 31.0. The highest BCUT2D eigenvalue weighted by Gasteiger charge is 2.28. The lowest BCUT2D eigenvalue weighted by molar-refractivity contribution is 0.0670. The van der Waals surface area contributed by atoms with Crippen molar-refractivity contribution < 1.29 is 9.90 Å². The number of nitrogens with one attached hydrogen (secondary N) is 1. The van der Waals surface area contributed by atoms with Crippen LogP contribution in [0.1, 0.15) is 121 Å². The highest BCUT2D eigenvalue weighted by molar-refractivity contribution is 5.95. The number of hydrogen-bond donors (Lipinski definition) is 4. The van der Waals surface area contributed by atoms with E-state index in [0.29, 0.717) is 24.3 Å². The van der Waals surface area contributed by atoms with Crippen LogP contribution in [0.4, 0.5) is 11.4 Å². The Kier molecular flexibility index (Phi) is 18.2. The number of amides is 1. The Balaban J connectivity index is 2.50. The molecule has 0 saturated heterocycles. The molecule has 0 aliphatic heterocycles. The van der Waals surface area contributed by atoms with Gasteiger partial charge in [-0.15, -0.1) is 5.11 Å². The van der Waals surface area contributed by atoms with Crippen LogP contribution in [0.15, 0.2) is 39.3 Å². The van der Waals surface area contributed by atoms with Crippen molar-refractivity contribution in [3.8, 4) is 11.9 Å². The number of azo groups is 1. The van der Waals surface area contributed by atoms with E-state index < -0.39 is 5.56 Å². The lowest BCUT2D eigenvalue weighted by atomic mass is 9.90. The molecule has 2 aromatic rings. The maximum atomic E-state index is 14.2. The molecule has 0 aliphatic carbocycles. The number of aromatic nitrogens is 1. The summed E-state index contributed by atoms with van der Waals surface area (Å²) in [7, 11) is 0. The van der Waals surface area contributed by atoms with E-state index in [-0.39, 0.29) is 65.1 Å². The molecule has 1 heterocycles. The first-order valence-corrected chi connectivity index (χ1v) is 18.4. The summed E-state index contributed by atoms with van der Waals surface area (Å²) in [5, 5.41) is 32.8. The fraction of sp³-hybridized carbons (Fsp3) is 0.658. The molecule has 5 unspecified atom stereocenters. The van der Waals surface area contributed by atoms with Crippen molar-refractivity contribution >= 4 is 17.3 Å². The van der Waals surface area contributed by atoms with E-state index in [1.807, 2.05) is 17.9 Å². The second-order valence-electron chi connectivity index (χ2n) is 13.3. The quantitative estimate of drug-likeness (QED) is 0.0761. The molecule has 11 nitrogen and oxygen atoms in total. The van der Waals surface area contributed by atoms with Crippen LogP contribution in [-0.4, -0.2) is 58.2 Å². The Morgan fingerprint density at radius 3 is 2.10 bits per heavy atom. The molecule has 49 heavy (non-hydrogen) atoms. The summed E-state index contributed by atoms with van der Waals surface area (Å²) >= 11 is 0.